The van der Waals surface area contributed by atoms with Gasteiger partial charge in [-0.3, -0.25) is 14.4 Å². The maximum Gasteiger partial charge on any atom is 0.508 e. The van der Waals surface area contributed by atoms with Gasteiger partial charge in [-0.15, -0.1) is 0 Å². The van der Waals surface area contributed by atoms with Gasteiger partial charge in [0, 0.05) is 6.54 Å². The fourth-order valence-corrected chi connectivity index (χ4v) is 3.44. The van der Waals surface area contributed by atoms with Crippen LogP contribution in [0.25, 0.3) is 0 Å². The van der Waals surface area contributed by atoms with Gasteiger partial charge in [0.1, 0.15) is 18.8 Å². The third-order valence-corrected chi connectivity index (χ3v) is 6.80. The lowest BCUT2D eigenvalue weighted by Gasteiger charge is -2.20. The van der Waals surface area contributed by atoms with Crippen LogP contribution in [-0.4, -0.2) is 56.5 Å². The minimum Gasteiger partial charge on any atom is -0.468 e. The zero-order valence-electron chi connectivity index (χ0n) is 25.4. The van der Waals surface area contributed by atoms with E-state index in [1.165, 1.54) is 7.11 Å². The summed E-state index contributed by atoms with van der Waals surface area (Å²) in [6.45, 7) is 15.2. The van der Waals surface area contributed by atoms with E-state index < -0.39 is 30.1 Å². The fraction of sp³-hybridized carbons (Fsp3) is 0.667. The first-order valence-electron chi connectivity index (χ1n) is 14.0. The van der Waals surface area contributed by atoms with Crippen LogP contribution in [0.5, 0.6) is 11.5 Å². The third-order valence-electron chi connectivity index (χ3n) is 6.80. The molecular weight excluding hydrogens is 518 g/mol. The molecule has 0 aliphatic heterocycles. The van der Waals surface area contributed by atoms with Crippen LogP contribution >= 0.6 is 0 Å². The molecule has 4 atom stereocenters. The van der Waals surface area contributed by atoms with Gasteiger partial charge < -0.3 is 29.0 Å². The van der Waals surface area contributed by atoms with Crippen molar-refractivity contribution in [1.29, 1.82) is 0 Å². The van der Waals surface area contributed by atoms with Crippen molar-refractivity contribution >= 4 is 24.1 Å². The van der Waals surface area contributed by atoms with Crippen LogP contribution in [0.2, 0.25) is 0 Å². The summed E-state index contributed by atoms with van der Waals surface area (Å²) in [5.74, 6) is -1.83. The van der Waals surface area contributed by atoms with Crippen molar-refractivity contribution in [3.63, 3.8) is 0 Å². The molecule has 0 saturated heterocycles. The van der Waals surface area contributed by atoms with Crippen LogP contribution in [-0.2, 0) is 35.0 Å². The molecule has 10 heteroatoms. The van der Waals surface area contributed by atoms with Crippen molar-refractivity contribution in [3.05, 3.63) is 23.8 Å². The Bertz CT molecular complexity index is 976. The molecule has 0 amide bonds. The number of rotatable bonds is 16. The van der Waals surface area contributed by atoms with Crippen molar-refractivity contribution < 1.29 is 42.9 Å². The zero-order valence-corrected chi connectivity index (χ0v) is 25.4. The summed E-state index contributed by atoms with van der Waals surface area (Å²) in [6.07, 6.45) is 0.785. The van der Waals surface area contributed by atoms with Crippen molar-refractivity contribution in [2.75, 3.05) is 20.3 Å². The van der Waals surface area contributed by atoms with Gasteiger partial charge in [0.25, 0.3) is 0 Å². The molecule has 0 bridgehead atoms. The van der Waals surface area contributed by atoms with E-state index in [-0.39, 0.29) is 60.8 Å². The number of benzene rings is 1. The summed E-state index contributed by atoms with van der Waals surface area (Å²) in [5, 5.41) is 3.02. The van der Waals surface area contributed by atoms with Crippen LogP contribution in [0, 0.1) is 23.7 Å². The monoisotopic (exact) mass is 565 g/mol. The number of nitrogens with one attached hydrogen (secondary N) is 1. The van der Waals surface area contributed by atoms with Gasteiger partial charge in [-0.05, 0) is 49.3 Å². The van der Waals surface area contributed by atoms with E-state index in [4.69, 9.17) is 23.7 Å². The highest BCUT2D eigenvalue weighted by molar-refractivity contribution is 5.79. The number of hydrogen-bond acceptors (Lipinski definition) is 10. The fourth-order valence-electron chi connectivity index (χ4n) is 3.44. The molecule has 3 unspecified atom stereocenters. The Morgan fingerprint density at radius 2 is 1.40 bits per heavy atom. The van der Waals surface area contributed by atoms with Crippen LogP contribution < -0.4 is 14.8 Å². The number of ether oxygens (including phenoxy) is 5. The molecular formula is C30H47NO9. The second-order valence-corrected chi connectivity index (χ2v) is 10.7. The van der Waals surface area contributed by atoms with Crippen LogP contribution in [0.4, 0.5) is 4.79 Å². The first kappa shape index (κ1) is 34.9. The maximum absolute atomic E-state index is 12.8. The predicted octanol–water partition coefficient (Wildman–Crippen LogP) is 5.10. The highest BCUT2D eigenvalue weighted by Crippen LogP contribution is 2.31. The van der Waals surface area contributed by atoms with Crippen molar-refractivity contribution in [2.24, 2.45) is 23.7 Å². The lowest BCUT2D eigenvalue weighted by atomic mass is 9.98. The minimum atomic E-state index is -0.781. The summed E-state index contributed by atoms with van der Waals surface area (Å²) in [7, 11) is 1.28. The number of hydrogen-bond donors (Lipinski definition) is 1. The van der Waals surface area contributed by atoms with E-state index in [1.54, 1.807) is 39.0 Å². The van der Waals surface area contributed by atoms with Crippen molar-refractivity contribution in [1.82, 2.24) is 5.32 Å². The molecule has 1 aromatic rings. The van der Waals surface area contributed by atoms with Crippen LogP contribution in [0.3, 0.4) is 0 Å². The molecule has 0 saturated carbocycles. The standard InChI is InChI=1S/C30H47NO9/c1-10-11-20(6)38-30(35)37-15-14-31-24(29(34)36-9)16-23-12-13-25(39-27(32)21(7)18(2)3)26(17-23)40-28(33)22(8)19(4)5/h12-13,17-22,24,31H,10-11,14-16H2,1-9H3/t20?,21?,22?,24-/m0/s1. The Kier molecular flexibility index (Phi) is 15.3. The normalized spacial score (nSPS) is 14.2. The maximum atomic E-state index is 12.8. The Morgan fingerprint density at radius 3 is 1.93 bits per heavy atom. The van der Waals surface area contributed by atoms with E-state index in [9.17, 15) is 19.2 Å². The van der Waals surface area contributed by atoms with E-state index in [0.717, 1.165) is 12.8 Å². The molecule has 1 aromatic carbocycles. The largest absolute Gasteiger partial charge is 0.508 e. The lowest BCUT2D eigenvalue weighted by Crippen LogP contribution is -2.41. The molecule has 226 valence electrons. The Hall–Kier alpha value is -3.14. The second-order valence-electron chi connectivity index (χ2n) is 10.7. The number of carbonyl (C=O) groups excluding carboxylic acids is 4. The SMILES string of the molecule is CCCC(C)OC(=O)OCCN[C@@H](Cc1ccc(OC(=O)C(C)C(C)C)c(OC(=O)C(C)C(C)C)c1)C(=O)OC. The van der Waals surface area contributed by atoms with Gasteiger partial charge in [-0.25, -0.2) is 4.79 Å². The van der Waals surface area contributed by atoms with E-state index in [0.29, 0.717) is 5.56 Å². The smallest absolute Gasteiger partial charge is 0.468 e. The van der Waals surface area contributed by atoms with Gasteiger partial charge in [-0.1, -0.05) is 61.0 Å². The summed E-state index contributed by atoms with van der Waals surface area (Å²) in [4.78, 5) is 49.7. The summed E-state index contributed by atoms with van der Waals surface area (Å²) >= 11 is 0. The molecule has 1 N–H and O–H groups in total. The summed E-state index contributed by atoms with van der Waals surface area (Å²) in [5.41, 5.74) is 0.633. The second kappa shape index (κ2) is 17.5. The first-order valence-corrected chi connectivity index (χ1v) is 14.0. The quantitative estimate of drug-likeness (QED) is 0.164. The Morgan fingerprint density at radius 1 is 0.825 bits per heavy atom. The molecule has 0 radical (unpaired) electrons. The van der Waals surface area contributed by atoms with Crippen LogP contribution in [0.1, 0.15) is 73.8 Å². The molecule has 0 heterocycles. The molecule has 0 aliphatic carbocycles. The Balaban J connectivity index is 3.04. The molecule has 0 aromatic heterocycles. The summed E-state index contributed by atoms with van der Waals surface area (Å²) in [6, 6.07) is 4.03. The number of carbonyl (C=O) groups is 4. The Labute approximate surface area is 238 Å². The number of methoxy groups -OCH3 is 1. The molecule has 1 rings (SSSR count). The molecule has 0 aliphatic rings. The highest BCUT2D eigenvalue weighted by Gasteiger charge is 2.25. The van der Waals surface area contributed by atoms with Gasteiger partial charge in [-0.2, -0.15) is 0 Å². The molecule has 40 heavy (non-hydrogen) atoms. The first-order chi connectivity index (χ1) is 18.8. The highest BCUT2D eigenvalue weighted by atomic mass is 16.7. The van der Waals surface area contributed by atoms with E-state index >= 15 is 0 Å². The topological polar surface area (TPSA) is 126 Å². The van der Waals surface area contributed by atoms with Gasteiger partial charge >= 0.3 is 24.1 Å². The predicted molar refractivity (Wildman–Crippen MR) is 150 cm³/mol. The average molecular weight is 566 g/mol. The van der Waals surface area contributed by atoms with E-state index in [1.807, 2.05) is 34.6 Å². The lowest BCUT2D eigenvalue weighted by molar-refractivity contribution is -0.143. The molecule has 0 fully saturated rings. The van der Waals surface area contributed by atoms with E-state index in [2.05, 4.69) is 5.32 Å². The van der Waals surface area contributed by atoms with Crippen molar-refractivity contribution in [2.45, 2.75) is 86.8 Å². The van der Waals surface area contributed by atoms with Gasteiger partial charge in [0.05, 0.1) is 18.9 Å². The van der Waals surface area contributed by atoms with Crippen LogP contribution in [0.15, 0.2) is 18.2 Å². The minimum absolute atomic E-state index is 0.00987. The summed E-state index contributed by atoms with van der Waals surface area (Å²) < 4.78 is 26.4. The zero-order chi connectivity index (χ0) is 30.4. The average Bonchev–Trinajstić information content (AvgIpc) is 2.89. The van der Waals surface area contributed by atoms with Gasteiger partial charge in [0.2, 0.25) is 0 Å². The number of esters is 3. The molecule has 0 spiro atoms. The molecule has 10 nitrogen and oxygen atoms in total. The van der Waals surface area contributed by atoms with Crippen molar-refractivity contribution in [3.8, 4) is 11.5 Å². The third kappa shape index (κ3) is 11.9. The van der Waals surface area contributed by atoms with Gasteiger partial charge in [0.15, 0.2) is 11.5 Å².